The number of nitrogens with one attached hydrogen (secondary N) is 1. The van der Waals surface area contributed by atoms with Crippen molar-refractivity contribution in [3.05, 3.63) is 53.8 Å². The van der Waals surface area contributed by atoms with Crippen LogP contribution >= 0.6 is 0 Å². The highest BCUT2D eigenvalue weighted by Crippen LogP contribution is 2.22. The first-order valence-electron chi connectivity index (χ1n) is 8.09. The Morgan fingerprint density at radius 2 is 2.08 bits per heavy atom. The van der Waals surface area contributed by atoms with Crippen LogP contribution in [0.5, 0.6) is 0 Å². The molecule has 0 unspecified atom stereocenters. The van der Waals surface area contributed by atoms with Gasteiger partial charge in [-0.25, -0.2) is 9.97 Å². The SMILES string of the molecule is CN(C)c1ccc(C(=O)N=c2nc3ccccc3c3n2CCN3)cn1. The van der Waals surface area contributed by atoms with Gasteiger partial charge in [0.15, 0.2) is 0 Å². The summed E-state index contributed by atoms with van der Waals surface area (Å²) < 4.78 is 1.95. The lowest BCUT2D eigenvalue weighted by Crippen LogP contribution is -2.24. The first-order chi connectivity index (χ1) is 12.1. The molecule has 4 rings (SSSR count). The smallest absolute Gasteiger partial charge is 0.281 e. The molecule has 1 amide bonds. The Morgan fingerprint density at radius 1 is 1.24 bits per heavy atom. The predicted molar refractivity (Wildman–Crippen MR) is 96.7 cm³/mol. The van der Waals surface area contributed by atoms with Crippen LogP contribution in [0, 0.1) is 0 Å². The van der Waals surface area contributed by atoms with Crippen molar-refractivity contribution in [2.75, 3.05) is 30.9 Å². The zero-order chi connectivity index (χ0) is 17.4. The van der Waals surface area contributed by atoms with E-state index >= 15 is 0 Å². The minimum absolute atomic E-state index is 0.345. The minimum atomic E-state index is -0.345. The molecule has 0 aliphatic carbocycles. The second-order valence-electron chi connectivity index (χ2n) is 6.07. The Kier molecular flexibility index (Phi) is 3.68. The third kappa shape index (κ3) is 2.73. The number of para-hydroxylation sites is 1. The fraction of sp³-hybridized carbons (Fsp3) is 0.222. The fourth-order valence-electron chi connectivity index (χ4n) is 2.89. The Hall–Kier alpha value is -3.22. The number of anilines is 2. The molecule has 1 aliphatic heterocycles. The van der Waals surface area contributed by atoms with Crippen LogP contribution < -0.4 is 15.8 Å². The third-order valence-corrected chi connectivity index (χ3v) is 4.17. The van der Waals surface area contributed by atoms with Crippen molar-refractivity contribution in [2.24, 2.45) is 4.99 Å². The number of hydrogen-bond donors (Lipinski definition) is 1. The molecular formula is C18H18N6O. The Labute approximate surface area is 144 Å². The largest absolute Gasteiger partial charge is 0.369 e. The molecule has 0 fully saturated rings. The maximum absolute atomic E-state index is 12.5. The number of carbonyl (C=O) groups is 1. The fourth-order valence-corrected chi connectivity index (χ4v) is 2.89. The van der Waals surface area contributed by atoms with Gasteiger partial charge < -0.3 is 10.2 Å². The molecule has 0 saturated carbocycles. The van der Waals surface area contributed by atoms with Gasteiger partial charge >= 0.3 is 0 Å². The van der Waals surface area contributed by atoms with Crippen molar-refractivity contribution >= 4 is 28.4 Å². The number of carbonyl (C=O) groups excluding carboxylic acids is 1. The molecule has 1 N–H and O–H groups in total. The van der Waals surface area contributed by atoms with Crippen molar-refractivity contribution in [1.29, 1.82) is 0 Å². The first-order valence-corrected chi connectivity index (χ1v) is 8.09. The van der Waals surface area contributed by atoms with Crippen molar-refractivity contribution in [3.8, 4) is 0 Å². The van der Waals surface area contributed by atoms with Crippen LogP contribution in [0.2, 0.25) is 0 Å². The normalized spacial score (nSPS) is 13.6. The van der Waals surface area contributed by atoms with Crippen molar-refractivity contribution in [3.63, 3.8) is 0 Å². The number of nitrogens with zero attached hydrogens (tertiary/aromatic N) is 5. The van der Waals surface area contributed by atoms with E-state index < -0.39 is 0 Å². The van der Waals surface area contributed by atoms with Crippen LogP contribution in [0.4, 0.5) is 11.6 Å². The van der Waals surface area contributed by atoms with Crippen molar-refractivity contribution < 1.29 is 4.79 Å². The topological polar surface area (TPSA) is 75.4 Å². The first kappa shape index (κ1) is 15.3. The van der Waals surface area contributed by atoms with Gasteiger partial charge in [0, 0.05) is 38.8 Å². The molecule has 0 saturated heterocycles. The van der Waals surface area contributed by atoms with Gasteiger partial charge in [0.25, 0.3) is 5.91 Å². The number of pyridine rings is 1. The molecule has 126 valence electrons. The summed E-state index contributed by atoms with van der Waals surface area (Å²) in [7, 11) is 3.81. The minimum Gasteiger partial charge on any atom is -0.369 e. The lowest BCUT2D eigenvalue weighted by molar-refractivity contribution is 0.0996. The number of benzene rings is 1. The number of hydrogen-bond acceptors (Lipinski definition) is 5. The van der Waals surface area contributed by atoms with Crippen LogP contribution in [0.15, 0.2) is 47.6 Å². The summed E-state index contributed by atoms with van der Waals surface area (Å²) in [6, 6.07) is 11.4. The van der Waals surface area contributed by atoms with Crippen molar-refractivity contribution in [2.45, 2.75) is 6.54 Å². The van der Waals surface area contributed by atoms with Crippen LogP contribution in [-0.4, -0.2) is 41.1 Å². The predicted octanol–water partition coefficient (Wildman–Crippen LogP) is 1.66. The second kappa shape index (κ2) is 6.01. The van der Waals surface area contributed by atoms with Gasteiger partial charge in [-0.15, -0.1) is 0 Å². The van der Waals surface area contributed by atoms with E-state index in [1.165, 1.54) is 0 Å². The average molecular weight is 334 g/mol. The molecule has 7 nitrogen and oxygen atoms in total. The molecule has 2 aromatic heterocycles. The molecule has 0 atom stereocenters. The number of amides is 1. The molecule has 25 heavy (non-hydrogen) atoms. The van der Waals surface area contributed by atoms with Gasteiger partial charge in [0.1, 0.15) is 11.6 Å². The zero-order valence-electron chi connectivity index (χ0n) is 14.1. The maximum atomic E-state index is 12.5. The van der Waals surface area contributed by atoms with Gasteiger partial charge in [-0.3, -0.25) is 9.36 Å². The van der Waals surface area contributed by atoms with Crippen LogP contribution in [0.3, 0.4) is 0 Å². The summed E-state index contributed by atoms with van der Waals surface area (Å²) in [6.45, 7) is 1.53. The molecule has 7 heteroatoms. The second-order valence-corrected chi connectivity index (χ2v) is 6.07. The molecule has 0 radical (unpaired) electrons. The zero-order valence-corrected chi connectivity index (χ0v) is 14.1. The molecule has 1 aromatic carbocycles. The van der Waals surface area contributed by atoms with E-state index in [-0.39, 0.29) is 5.91 Å². The van der Waals surface area contributed by atoms with Gasteiger partial charge in [-0.1, -0.05) is 12.1 Å². The average Bonchev–Trinajstić information content (AvgIpc) is 3.12. The quantitative estimate of drug-likeness (QED) is 0.771. The summed E-state index contributed by atoms with van der Waals surface area (Å²) in [6.07, 6.45) is 1.55. The molecule has 3 heterocycles. The third-order valence-electron chi connectivity index (χ3n) is 4.17. The Bertz CT molecular complexity index is 1020. The van der Waals surface area contributed by atoms with Gasteiger partial charge in [0.05, 0.1) is 11.1 Å². The van der Waals surface area contributed by atoms with E-state index in [0.717, 1.165) is 35.6 Å². The molecule has 3 aromatic rings. The van der Waals surface area contributed by atoms with Crippen LogP contribution in [0.25, 0.3) is 10.9 Å². The van der Waals surface area contributed by atoms with E-state index in [1.807, 2.05) is 47.8 Å². The maximum Gasteiger partial charge on any atom is 0.281 e. The summed E-state index contributed by atoms with van der Waals surface area (Å²) in [5, 5.41) is 4.38. The standard InChI is InChI=1S/C18H18N6O/c1-23(2)15-8-7-12(11-20-15)17(25)22-18-21-14-6-4-3-5-13(14)16-19-9-10-24(16)18/h3-8,11,19H,9-10H2,1-2H3. The molecule has 0 bridgehead atoms. The molecule has 1 aliphatic rings. The Morgan fingerprint density at radius 3 is 2.84 bits per heavy atom. The van der Waals surface area contributed by atoms with Gasteiger partial charge in [-0.2, -0.15) is 4.99 Å². The lowest BCUT2D eigenvalue weighted by atomic mass is 10.2. The molecule has 0 spiro atoms. The summed E-state index contributed by atoms with van der Waals surface area (Å²) in [5.74, 6) is 1.40. The Balaban J connectivity index is 1.80. The van der Waals surface area contributed by atoms with Gasteiger partial charge in [0.2, 0.25) is 5.62 Å². The van der Waals surface area contributed by atoms with Crippen molar-refractivity contribution in [1.82, 2.24) is 14.5 Å². The number of aromatic nitrogens is 3. The highest BCUT2D eigenvalue weighted by Gasteiger charge is 2.16. The van der Waals surface area contributed by atoms with E-state index in [4.69, 9.17) is 0 Å². The van der Waals surface area contributed by atoms with E-state index in [2.05, 4.69) is 20.3 Å². The number of fused-ring (bicyclic) bond motifs is 3. The van der Waals surface area contributed by atoms with Crippen LogP contribution in [-0.2, 0) is 6.54 Å². The lowest BCUT2D eigenvalue weighted by Gasteiger charge is -2.10. The summed E-state index contributed by atoms with van der Waals surface area (Å²) >= 11 is 0. The monoisotopic (exact) mass is 334 g/mol. The summed E-state index contributed by atoms with van der Waals surface area (Å²) in [4.78, 5) is 27.5. The van der Waals surface area contributed by atoms with Gasteiger partial charge in [-0.05, 0) is 24.3 Å². The molecular weight excluding hydrogens is 316 g/mol. The van der Waals surface area contributed by atoms with E-state index in [9.17, 15) is 4.79 Å². The van der Waals surface area contributed by atoms with Crippen LogP contribution in [0.1, 0.15) is 10.4 Å². The number of rotatable bonds is 2. The summed E-state index contributed by atoms with van der Waals surface area (Å²) in [5.41, 5.74) is 1.68. The highest BCUT2D eigenvalue weighted by molar-refractivity contribution is 5.95. The van der Waals surface area contributed by atoms with E-state index in [1.54, 1.807) is 18.3 Å². The van der Waals surface area contributed by atoms with E-state index in [0.29, 0.717) is 11.2 Å². The highest BCUT2D eigenvalue weighted by atomic mass is 16.1.